The van der Waals surface area contributed by atoms with Crippen LogP contribution in [0.5, 0.6) is 0 Å². The van der Waals surface area contributed by atoms with Crippen molar-refractivity contribution < 1.29 is 18.3 Å². The maximum Gasteiger partial charge on any atom is 0.325 e. The molecule has 2 N–H and O–H groups in total. The van der Waals surface area contributed by atoms with Crippen molar-refractivity contribution in [2.45, 2.75) is 23.9 Å². The lowest BCUT2D eigenvalue weighted by Gasteiger charge is -2.24. The summed E-state index contributed by atoms with van der Waals surface area (Å²) >= 11 is 3.44. The fourth-order valence-corrected chi connectivity index (χ4v) is 6.30. The molecule has 0 spiro atoms. The Labute approximate surface area is 229 Å². The van der Waals surface area contributed by atoms with Gasteiger partial charge in [-0.15, -0.1) is 0 Å². The van der Waals surface area contributed by atoms with Crippen LogP contribution in [-0.2, 0) is 14.8 Å². The normalized spacial score (nSPS) is 12.6. The number of halogens is 1. The van der Waals surface area contributed by atoms with Crippen LogP contribution >= 0.6 is 15.9 Å². The third-order valence-electron chi connectivity index (χ3n) is 6.50. The van der Waals surface area contributed by atoms with E-state index in [4.69, 9.17) is 0 Å². The van der Waals surface area contributed by atoms with Gasteiger partial charge in [0.15, 0.2) is 0 Å². The molecule has 6 nitrogen and oxygen atoms in total. The van der Waals surface area contributed by atoms with E-state index in [2.05, 4.69) is 21.2 Å². The minimum atomic E-state index is -4.00. The van der Waals surface area contributed by atoms with E-state index in [-0.39, 0.29) is 4.90 Å². The van der Waals surface area contributed by atoms with Gasteiger partial charge in [0.25, 0.3) is 10.0 Å². The van der Waals surface area contributed by atoms with Gasteiger partial charge < -0.3 is 5.11 Å². The van der Waals surface area contributed by atoms with Crippen LogP contribution in [0.3, 0.4) is 0 Å². The van der Waals surface area contributed by atoms with Gasteiger partial charge in [-0.25, -0.2) is 12.4 Å². The molecule has 0 amide bonds. The summed E-state index contributed by atoms with van der Waals surface area (Å²) in [5.41, 5.74) is 3.46. The number of aliphatic carboxylic acids is 1. The molecule has 0 fully saturated rings. The predicted molar refractivity (Wildman–Crippen MR) is 152 cm³/mol. The maximum absolute atomic E-state index is 13.7. The lowest BCUT2D eigenvalue weighted by atomic mass is 9.96. The zero-order chi connectivity index (χ0) is 26.9. The van der Waals surface area contributed by atoms with Crippen molar-refractivity contribution in [2.24, 2.45) is 0 Å². The first-order valence-electron chi connectivity index (χ1n) is 12.0. The minimum Gasteiger partial charge on any atom is -0.480 e. The molecule has 8 heteroatoms. The third kappa shape index (κ3) is 5.03. The Morgan fingerprint density at radius 1 is 0.868 bits per heavy atom. The van der Waals surface area contributed by atoms with Crippen molar-refractivity contribution >= 4 is 42.8 Å². The second-order valence-corrected chi connectivity index (χ2v) is 11.8. The van der Waals surface area contributed by atoms with Crippen LogP contribution in [0.15, 0.2) is 119 Å². The quantitative estimate of drug-likeness (QED) is 0.217. The van der Waals surface area contributed by atoms with E-state index in [1.807, 2.05) is 67.6 Å². The number of fused-ring (bicyclic) bond motifs is 1. The van der Waals surface area contributed by atoms with Crippen molar-refractivity contribution in [3.05, 3.63) is 136 Å². The van der Waals surface area contributed by atoms with E-state index < -0.39 is 28.1 Å². The molecule has 0 saturated heterocycles. The molecule has 38 heavy (non-hydrogen) atoms. The first-order chi connectivity index (χ1) is 18.3. The van der Waals surface area contributed by atoms with E-state index in [0.29, 0.717) is 20.9 Å². The summed E-state index contributed by atoms with van der Waals surface area (Å²) in [5.74, 6) is -1.11. The summed E-state index contributed by atoms with van der Waals surface area (Å²) in [7, 11) is -4.00. The summed E-state index contributed by atoms with van der Waals surface area (Å²) in [4.78, 5) is 12.9. The second kappa shape index (κ2) is 10.6. The first kappa shape index (κ1) is 25.9. The fraction of sp³-hybridized carbons (Fsp3) is 0.100. The monoisotopic (exact) mass is 588 g/mol. The van der Waals surface area contributed by atoms with E-state index in [1.165, 1.54) is 10.2 Å². The molecule has 0 radical (unpaired) electrons. The number of carboxylic acid groups (broad SMARTS) is 1. The molecule has 5 aromatic rings. The van der Waals surface area contributed by atoms with Crippen LogP contribution in [0.4, 0.5) is 0 Å². The van der Waals surface area contributed by atoms with Crippen LogP contribution in [0.2, 0.25) is 0 Å². The molecule has 0 saturated carbocycles. The van der Waals surface area contributed by atoms with E-state index in [0.717, 1.165) is 16.7 Å². The van der Waals surface area contributed by atoms with Crippen LogP contribution in [0, 0.1) is 6.92 Å². The van der Waals surface area contributed by atoms with Crippen LogP contribution < -0.4 is 5.32 Å². The number of rotatable bonds is 8. The molecule has 5 rings (SSSR count). The van der Waals surface area contributed by atoms with Crippen molar-refractivity contribution in [1.82, 2.24) is 9.29 Å². The Morgan fingerprint density at radius 3 is 2.00 bits per heavy atom. The van der Waals surface area contributed by atoms with Gasteiger partial charge in [0, 0.05) is 21.6 Å². The highest BCUT2D eigenvalue weighted by atomic mass is 79.9. The predicted octanol–water partition coefficient (Wildman–Crippen LogP) is 6.45. The molecular weight excluding hydrogens is 564 g/mol. The zero-order valence-corrected chi connectivity index (χ0v) is 22.9. The number of aromatic nitrogens is 1. The fourth-order valence-electron chi connectivity index (χ4n) is 4.59. The topological polar surface area (TPSA) is 88.4 Å². The van der Waals surface area contributed by atoms with Gasteiger partial charge in [0.05, 0.1) is 16.5 Å². The van der Waals surface area contributed by atoms with Gasteiger partial charge in [-0.05, 0) is 42.3 Å². The van der Waals surface area contributed by atoms with Crippen LogP contribution in [-0.4, -0.2) is 23.5 Å². The molecule has 1 atom stereocenters. The Bertz CT molecular complexity index is 1660. The molecule has 4 aromatic carbocycles. The number of aryl methyl sites for hydroxylation is 1. The Balaban J connectivity index is 1.67. The minimum absolute atomic E-state index is 0.123. The van der Waals surface area contributed by atoms with Crippen LogP contribution in [0.1, 0.15) is 34.3 Å². The third-order valence-corrected chi connectivity index (χ3v) is 8.68. The van der Waals surface area contributed by atoms with E-state index >= 15 is 0 Å². The molecule has 0 aliphatic rings. The Kier molecular flexibility index (Phi) is 7.21. The molecular formula is C30H25BrN2O4S. The molecule has 0 aliphatic heterocycles. The lowest BCUT2D eigenvalue weighted by Crippen LogP contribution is -2.32. The van der Waals surface area contributed by atoms with Crippen molar-refractivity contribution in [2.75, 3.05) is 0 Å². The Morgan fingerprint density at radius 2 is 1.45 bits per heavy atom. The lowest BCUT2D eigenvalue weighted by molar-refractivity contribution is -0.139. The molecule has 0 bridgehead atoms. The van der Waals surface area contributed by atoms with E-state index in [9.17, 15) is 18.3 Å². The highest BCUT2D eigenvalue weighted by molar-refractivity contribution is 9.10. The molecule has 192 valence electrons. The van der Waals surface area contributed by atoms with Crippen molar-refractivity contribution in [3.8, 4) is 0 Å². The number of nitrogens with zero attached hydrogens (tertiary/aromatic N) is 1. The molecule has 0 aliphatic carbocycles. The maximum atomic E-state index is 13.7. The van der Waals surface area contributed by atoms with Gasteiger partial charge in [0.2, 0.25) is 0 Å². The average molecular weight is 590 g/mol. The number of benzene rings is 4. The van der Waals surface area contributed by atoms with Gasteiger partial charge >= 0.3 is 5.97 Å². The highest BCUT2D eigenvalue weighted by Gasteiger charge is 2.31. The number of hydrogen-bond acceptors (Lipinski definition) is 4. The molecule has 1 aromatic heterocycles. The number of carboxylic acids is 1. The van der Waals surface area contributed by atoms with Gasteiger partial charge in [-0.3, -0.25) is 10.1 Å². The van der Waals surface area contributed by atoms with Crippen LogP contribution in [0.25, 0.3) is 10.9 Å². The summed E-state index contributed by atoms with van der Waals surface area (Å²) in [5, 5.41) is 14.2. The second-order valence-electron chi connectivity index (χ2n) is 9.05. The highest BCUT2D eigenvalue weighted by Crippen LogP contribution is 2.34. The van der Waals surface area contributed by atoms with Crippen molar-refractivity contribution in [3.63, 3.8) is 0 Å². The average Bonchev–Trinajstić information content (AvgIpc) is 3.29. The molecule has 1 heterocycles. The standard InChI is InChI=1S/C30H25BrN2O4S/c1-20-12-15-24(16-13-20)38(36,37)33-19-26(25-17-14-23(31)18-27(25)33)29(30(34)35)32-28(21-8-4-2-5-9-21)22-10-6-3-7-11-22/h2-19,28-29,32H,1H3,(H,34,35). The number of carbonyl (C=O) groups is 1. The number of nitrogens with one attached hydrogen (secondary N) is 1. The van der Waals surface area contributed by atoms with Gasteiger partial charge in [-0.2, -0.15) is 0 Å². The van der Waals surface area contributed by atoms with Crippen molar-refractivity contribution in [1.29, 1.82) is 0 Å². The summed E-state index contributed by atoms with van der Waals surface area (Å²) in [6, 6.07) is 29.3. The smallest absolute Gasteiger partial charge is 0.325 e. The Hall–Kier alpha value is -3.72. The summed E-state index contributed by atoms with van der Waals surface area (Å²) in [6.07, 6.45) is 1.42. The van der Waals surface area contributed by atoms with E-state index in [1.54, 1.807) is 42.5 Å². The SMILES string of the molecule is Cc1ccc(S(=O)(=O)n2cc(C(NC(c3ccccc3)c3ccccc3)C(=O)O)c3ccc(Br)cc32)cc1. The van der Waals surface area contributed by atoms with Gasteiger partial charge in [-0.1, -0.05) is 100 Å². The summed E-state index contributed by atoms with van der Waals surface area (Å²) in [6.45, 7) is 1.88. The molecule has 1 unspecified atom stereocenters. The zero-order valence-electron chi connectivity index (χ0n) is 20.5. The number of hydrogen-bond donors (Lipinski definition) is 2. The van der Waals surface area contributed by atoms with Gasteiger partial charge in [0.1, 0.15) is 6.04 Å². The largest absolute Gasteiger partial charge is 0.480 e. The first-order valence-corrected chi connectivity index (χ1v) is 14.2. The summed E-state index contributed by atoms with van der Waals surface area (Å²) < 4.78 is 29.3.